The van der Waals surface area contributed by atoms with E-state index in [0.29, 0.717) is 12.0 Å². The third kappa shape index (κ3) is 3.17. The molecule has 0 heterocycles. The van der Waals surface area contributed by atoms with Crippen molar-refractivity contribution in [2.45, 2.75) is 26.7 Å². The van der Waals surface area contributed by atoms with Crippen LogP contribution in [0.3, 0.4) is 0 Å². The summed E-state index contributed by atoms with van der Waals surface area (Å²) in [5.41, 5.74) is 3.11. The average molecular weight is 188 g/mol. The highest BCUT2D eigenvalue weighted by molar-refractivity contribution is 5.94. The van der Waals surface area contributed by atoms with Gasteiger partial charge < -0.3 is 0 Å². The molecule has 0 radical (unpaired) electrons. The van der Waals surface area contributed by atoms with Crippen molar-refractivity contribution in [1.29, 1.82) is 0 Å². The topological polar surface area (TPSA) is 17.1 Å². The Morgan fingerprint density at radius 1 is 1.29 bits per heavy atom. The first-order valence-corrected chi connectivity index (χ1v) is 4.84. The monoisotopic (exact) mass is 188 g/mol. The zero-order valence-corrected chi connectivity index (χ0v) is 8.84. The van der Waals surface area contributed by atoms with E-state index in [1.54, 1.807) is 6.92 Å². The number of rotatable bonds is 4. The zero-order valence-electron chi connectivity index (χ0n) is 8.84. The highest BCUT2D eigenvalue weighted by atomic mass is 16.1. The molecule has 0 aliphatic rings. The Labute approximate surface area is 85.5 Å². The first kappa shape index (κ1) is 10.7. The van der Waals surface area contributed by atoms with E-state index >= 15 is 0 Å². The lowest BCUT2D eigenvalue weighted by atomic mass is 10.0. The summed E-state index contributed by atoms with van der Waals surface area (Å²) in [4.78, 5) is 11.3. The maximum absolute atomic E-state index is 11.3. The summed E-state index contributed by atoms with van der Waals surface area (Å²) in [6.07, 6.45) is 1.38. The molecule has 74 valence electrons. The molecule has 1 heteroatoms. The summed E-state index contributed by atoms with van der Waals surface area (Å²) in [5.74, 6) is 0.158. The number of carbonyl (C=O) groups is 1. The smallest absolute Gasteiger partial charge is 0.158 e. The second-order valence-electron chi connectivity index (χ2n) is 3.69. The van der Waals surface area contributed by atoms with Gasteiger partial charge in [0.15, 0.2) is 5.78 Å². The number of allylic oxidation sites excluding steroid dienone is 1. The Kier molecular flexibility index (Phi) is 3.63. The summed E-state index contributed by atoms with van der Waals surface area (Å²) in [5, 5.41) is 0. The molecular formula is C13H16O. The predicted molar refractivity (Wildman–Crippen MR) is 59.3 cm³/mol. The Morgan fingerprint density at radius 2 is 1.86 bits per heavy atom. The maximum atomic E-state index is 11.3. The third-order valence-corrected chi connectivity index (χ3v) is 2.24. The van der Waals surface area contributed by atoms with E-state index in [4.69, 9.17) is 0 Å². The van der Waals surface area contributed by atoms with E-state index in [-0.39, 0.29) is 5.78 Å². The van der Waals surface area contributed by atoms with E-state index < -0.39 is 0 Å². The van der Waals surface area contributed by atoms with Gasteiger partial charge in [0.05, 0.1) is 0 Å². The van der Waals surface area contributed by atoms with Gasteiger partial charge in [-0.15, -0.1) is 0 Å². The van der Waals surface area contributed by atoms with Crippen LogP contribution in [0.2, 0.25) is 0 Å². The van der Waals surface area contributed by atoms with Gasteiger partial charge in [-0.2, -0.15) is 0 Å². The van der Waals surface area contributed by atoms with Gasteiger partial charge in [0.1, 0.15) is 0 Å². The maximum Gasteiger partial charge on any atom is 0.158 e. The molecule has 0 fully saturated rings. The highest BCUT2D eigenvalue weighted by Gasteiger charge is 2.02. The first-order valence-electron chi connectivity index (χ1n) is 4.84. The Hall–Kier alpha value is -1.37. The van der Waals surface area contributed by atoms with Crippen LogP contribution >= 0.6 is 0 Å². The number of aryl methyl sites for hydroxylation is 2. The van der Waals surface area contributed by atoms with Crippen LogP contribution in [-0.2, 0) is 11.2 Å². The molecule has 0 spiro atoms. The van der Waals surface area contributed by atoms with E-state index in [1.165, 1.54) is 11.1 Å². The normalized spacial score (nSPS) is 9.86. The van der Waals surface area contributed by atoms with E-state index in [1.807, 2.05) is 0 Å². The van der Waals surface area contributed by atoms with Gasteiger partial charge in [-0.3, -0.25) is 4.79 Å². The largest absolute Gasteiger partial charge is 0.295 e. The first-order chi connectivity index (χ1) is 6.59. The molecule has 1 nitrogen and oxygen atoms in total. The van der Waals surface area contributed by atoms with Gasteiger partial charge in [0.2, 0.25) is 0 Å². The number of benzene rings is 1. The summed E-state index contributed by atoms with van der Waals surface area (Å²) in [7, 11) is 0. The van der Waals surface area contributed by atoms with Crippen molar-refractivity contribution in [3.8, 4) is 0 Å². The van der Waals surface area contributed by atoms with Crippen molar-refractivity contribution >= 4 is 5.78 Å². The van der Waals surface area contributed by atoms with Crippen LogP contribution in [0, 0.1) is 6.92 Å². The zero-order chi connectivity index (χ0) is 10.6. The lowest BCUT2D eigenvalue weighted by molar-refractivity contribution is -0.115. The molecule has 1 rings (SSSR count). The molecule has 14 heavy (non-hydrogen) atoms. The van der Waals surface area contributed by atoms with E-state index in [9.17, 15) is 4.79 Å². The van der Waals surface area contributed by atoms with Crippen molar-refractivity contribution in [1.82, 2.24) is 0 Å². The fraction of sp³-hybridized carbons (Fsp3) is 0.308. The molecule has 0 unspecified atom stereocenters. The van der Waals surface area contributed by atoms with Crippen LogP contribution in [0.4, 0.5) is 0 Å². The molecule has 0 bridgehead atoms. The fourth-order valence-electron chi connectivity index (χ4n) is 1.23. The second-order valence-corrected chi connectivity index (χ2v) is 3.69. The minimum atomic E-state index is 0.158. The number of ketones is 1. The predicted octanol–water partition coefficient (Wildman–Crippen LogP) is 3.07. The summed E-state index contributed by atoms with van der Waals surface area (Å²) in [6.45, 7) is 7.45. The number of hydrogen-bond donors (Lipinski definition) is 0. The molecule has 1 aromatic carbocycles. The molecule has 0 saturated carbocycles. The molecule has 0 aliphatic heterocycles. The van der Waals surface area contributed by atoms with Crippen molar-refractivity contribution < 1.29 is 4.79 Å². The fourth-order valence-corrected chi connectivity index (χ4v) is 1.23. The summed E-state index contributed by atoms with van der Waals surface area (Å²) < 4.78 is 0. The SMILES string of the molecule is C=C(C)C(=O)CCc1ccc(C)cc1. The van der Waals surface area contributed by atoms with Crippen LogP contribution in [-0.4, -0.2) is 5.78 Å². The van der Waals surface area contributed by atoms with Gasteiger partial charge in [0, 0.05) is 6.42 Å². The Balaban J connectivity index is 2.50. The number of hydrogen-bond acceptors (Lipinski definition) is 1. The quantitative estimate of drug-likeness (QED) is 0.664. The second kappa shape index (κ2) is 4.75. The highest BCUT2D eigenvalue weighted by Crippen LogP contribution is 2.07. The van der Waals surface area contributed by atoms with Crippen LogP contribution in [0.5, 0.6) is 0 Å². The summed E-state index contributed by atoms with van der Waals surface area (Å²) in [6, 6.07) is 8.28. The molecule has 1 aromatic rings. The van der Waals surface area contributed by atoms with Crippen LogP contribution in [0.15, 0.2) is 36.4 Å². The van der Waals surface area contributed by atoms with Gasteiger partial charge in [-0.05, 0) is 31.4 Å². The number of carbonyl (C=O) groups excluding carboxylic acids is 1. The lowest BCUT2D eigenvalue weighted by Gasteiger charge is -2.01. The molecule has 0 amide bonds. The standard InChI is InChI=1S/C13H16O/c1-10(2)13(14)9-8-12-6-4-11(3)5-7-12/h4-7H,1,8-9H2,2-3H3. The van der Waals surface area contributed by atoms with Gasteiger partial charge in [-0.25, -0.2) is 0 Å². The Morgan fingerprint density at radius 3 is 2.36 bits per heavy atom. The van der Waals surface area contributed by atoms with Gasteiger partial charge in [-0.1, -0.05) is 36.4 Å². The molecule has 0 atom stereocenters. The van der Waals surface area contributed by atoms with Crippen molar-refractivity contribution in [3.05, 3.63) is 47.5 Å². The molecule has 0 saturated heterocycles. The van der Waals surface area contributed by atoms with Crippen molar-refractivity contribution in [2.24, 2.45) is 0 Å². The van der Waals surface area contributed by atoms with Crippen molar-refractivity contribution in [3.63, 3.8) is 0 Å². The average Bonchev–Trinajstić information content (AvgIpc) is 2.16. The van der Waals surface area contributed by atoms with Crippen LogP contribution < -0.4 is 0 Å². The third-order valence-electron chi connectivity index (χ3n) is 2.24. The molecular weight excluding hydrogens is 172 g/mol. The molecule has 0 aromatic heterocycles. The summed E-state index contributed by atoms with van der Waals surface area (Å²) >= 11 is 0. The lowest BCUT2D eigenvalue weighted by Crippen LogP contribution is -2.00. The van der Waals surface area contributed by atoms with Crippen molar-refractivity contribution in [2.75, 3.05) is 0 Å². The van der Waals surface area contributed by atoms with E-state index in [0.717, 1.165) is 6.42 Å². The minimum absolute atomic E-state index is 0.158. The van der Waals surface area contributed by atoms with E-state index in [2.05, 4.69) is 37.8 Å². The van der Waals surface area contributed by atoms with Gasteiger partial charge in [0.25, 0.3) is 0 Å². The van der Waals surface area contributed by atoms with Crippen LogP contribution in [0.25, 0.3) is 0 Å². The molecule has 0 aliphatic carbocycles. The number of Topliss-reactive ketones (excluding diaryl/α,β-unsaturated/α-hetero) is 1. The van der Waals surface area contributed by atoms with Gasteiger partial charge >= 0.3 is 0 Å². The van der Waals surface area contributed by atoms with Crippen LogP contribution in [0.1, 0.15) is 24.5 Å². The molecule has 0 N–H and O–H groups in total. The minimum Gasteiger partial charge on any atom is -0.295 e. The Bertz CT molecular complexity index is 333.